The van der Waals surface area contributed by atoms with Crippen molar-refractivity contribution in [1.82, 2.24) is 9.97 Å². The number of nitrogens with zero attached hydrogens (tertiary/aromatic N) is 2. The molecule has 1 aromatic carbocycles. The molecule has 0 radical (unpaired) electrons. The second-order valence-electron chi connectivity index (χ2n) is 4.92. The summed E-state index contributed by atoms with van der Waals surface area (Å²) in [5, 5.41) is 5.65. The Balaban J connectivity index is 1.72. The number of halogens is 1. The van der Waals surface area contributed by atoms with Crippen molar-refractivity contribution in [1.29, 1.82) is 0 Å². The van der Waals surface area contributed by atoms with Crippen molar-refractivity contribution < 1.29 is 0 Å². The van der Waals surface area contributed by atoms with E-state index in [-0.39, 0.29) is 0 Å². The topological polar surface area (TPSA) is 37.8 Å². The second-order valence-corrected chi connectivity index (χ2v) is 6.65. The van der Waals surface area contributed by atoms with E-state index < -0.39 is 0 Å². The first-order valence-corrected chi connectivity index (χ1v) is 8.22. The second kappa shape index (κ2) is 4.82. The van der Waals surface area contributed by atoms with E-state index in [0.717, 1.165) is 33.3 Å². The van der Waals surface area contributed by atoms with E-state index in [9.17, 15) is 0 Å². The van der Waals surface area contributed by atoms with Crippen LogP contribution in [0.3, 0.4) is 0 Å². The fourth-order valence-electron chi connectivity index (χ4n) is 2.80. The van der Waals surface area contributed by atoms with Crippen molar-refractivity contribution >= 4 is 43.3 Å². The average molecular weight is 346 g/mol. The van der Waals surface area contributed by atoms with E-state index in [1.54, 1.807) is 17.7 Å². The fraction of sp³-hybridized carbons (Fsp3) is 0.200. The number of hydrogen-bond donors (Lipinski definition) is 1. The summed E-state index contributed by atoms with van der Waals surface area (Å²) in [7, 11) is 0. The summed E-state index contributed by atoms with van der Waals surface area (Å²) in [5.74, 6) is 0.937. The van der Waals surface area contributed by atoms with E-state index in [0.29, 0.717) is 6.04 Å². The van der Waals surface area contributed by atoms with Gasteiger partial charge in [0.25, 0.3) is 0 Å². The van der Waals surface area contributed by atoms with Gasteiger partial charge in [0, 0.05) is 5.38 Å². The van der Waals surface area contributed by atoms with E-state index in [4.69, 9.17) is 0 Å². The minimum absolute atomic E-state index is 0.352. The number of aromatic nitrogens is 2. The number of benzene rings is 1. The predicted octanol–water partition coefficient (Wildman–Crippen LogP) is 4.55. The van der Waals surface area contributed by atoms with Crippen LogP contribution in [0.1, 0.15) is 23.6 Å². The Hall–Kier alpha value is -1.46. The molecule has 1 aliphatic carbocycles. The SMILES string of the molecule is Brc1csc2c(NC3CCc4ccccc43)ncnc12. The monoisotopic (exact) mass is 345 g/mol. The molecule has 0 saturated heterocycles. The summed E-state index contributed by atoms with van der Waals surface area (Å²) in [6, 6.07) is 9.00. The van der Waals surface area contributed by atoms with Crippen LogP contribution in [0.4, 0.5) is 5.82 Å². The standard InChI is InChI=1S/C15H12BrN3S/c16-11-7-20-14-13(11)17-8-18-15(14)19-12-6-5-9-3-1-2-4-10(9)12/h1-4,7-8,12H,5-6H2,(H,17,18,19). The number of rotatable bonds is 2. The molecule has 1 atom stereocenters. The summed E-state index contributed by atoms with van der Waals surface area (Å²) < 4.78 is 2.15. The lowest BCUT2D eigenvalue weighted by atomic mass is 10.1. The van der Waals surface area contributed by atoms with Crippen LogP contribution in [0.25, 0.3) is 10.2 Å². The van der Waals surface area contributed by atoms with E-state index in [1.165, 1.54) is 11.1 Å². The van der Waals surface area contributed by atoms with Crippen LogP contribution in [-0.2, 0) is 6.42 Å². The lowest BCUT2D eigenvalue weighted by Gasteiger charge is -2.15. The minimum Gasteiger partial charge on any atom is -0.362 e. The molecule has 1 N–H and O–H groups in total. The molecule has 0 amide bonds. The summed E-state index contributed by atoms with van der Waals surface area (Å²) >= 11 is 5.20. The van der Waals surface area contributed by atoms with Crippen LogP contribution in [-0.4, -0.2) is 9.97 Å². The van der Waals surface area contributed by atoms with E-state index >= 15 is 0 Å². The molecule has 100 valence electrons. The van der Waals surface area contributed by atoms with Crippen molar-refractivity contribution in [2.45, 2.75) is 18.9 Å². The molecular weight excluding hydrogens is 334 g/mol. The van der Waals surface area contributed by atoms with Gasteiger partial charge in [0.2, 0.25) is 0 Å². The Bertz CT molecular complexity index is 784. The Morgan fingerprint density at radius 3 is 3.10 bits per heavy atom. The maximum Gasteiger partial charge on any atom is 0.147 e. The highest BCUT2D eigenvalue weighted by molar-refractivity contribution is 9.10. The third-order valence-corrected chi connectivity index (χ3v) is 5.64. The molecule has 2 heterocycles. The summed E-state index contributed by atoms with van der Waals surface area (Å²) in [6.07, 6.45) is 3.89. The molecule has 2 aromatic heterocycles. The maximum absolute atomic E-state index is 4.42. The van der Waals surface area contributed by atoms with Crippen molar-refractivity contribution in [2.24, 2.45) is 0 Å². The van der Waals surface area contributed by atoms with Gasteiger partial charge in [-0.3, -0.25) is 0 Å². The highest BCUT2D eigenvalue weighted by Gasteiger charge is 2.23. The molecule has 1 unspecified atom stereocenters. The molecule has 0 fully saturated rings. The zero-order valence-corrected chi connectivity index (χ0v) is 13.0. The van der Waals surface area contributed by atoms with Gasteiger partial charge in [-0.05, 0) is 39.9 Å². The van der Waals surface area contributed by atoms with Crippen LogP contribution in [0.5, 0.6) is 0 Å². The first-order chi connectivity index (χ1) is 9.83. The number of nitrogens with one attached hydrogen (secondary N) is 1. The average Bonchev–Trinajstić information content (AvgIpc) is 3.05. The number of anilines is 1. The summed E-state index contributed by atoms with van der Waals surface area (Å²) in [6.45, 7) is 0. The molecule has 0 saturated carbocycles. The van der Waals surface area contributed by atoms with Gasteiger partial charge in [-0.1, -0.05) is 24.3 Å². The number of hydrogen-bond acceptors (Lipinski definition) is 4. The van der Waals surface area contributed by atoms with Gasteiger partial charge in [0.05, 0.1) is 15.2 Å². The Kier molecular flexibility index (Phi) is 2.97. The lowest BCUT2D eigenvalue weighted by molar-refractivity contribution is 0.758. The molecule has 0 bridgehead atoms. The zero-order chi connectivity index (χ0) is 13.5. The third-order valence-electron chi connectivity index (χ3n) is 3.75. The molecule has 4 rings (SSSR count). The normalized spacial score (nSPS) is 17.4. The molecule has 0 spiro atoms. The van der Waals surface area contributed by atoms with Gasteiger partial charge in [-0.25, -0.2) is 9.97 Å². The van der Waals surface area contributed by atoms with E-state index in [2.05, 4.69) is 60.9 Å². The van der Waals surface area contributed by atoms with Crippen molar-refractivity contribution in [2.75, 3.05) is 5.32 Å². The third kappa shape index (κ3) is 1.93. The molecule has 1 aliphatic rings. The minimum atomic E-state index is 0.352. The van der Waals surface area contributed by atoms with Gasteiger partial charge in [0.15, 0.2) is 0 Å². The predicted molar refractivity (Wildman–Crippen MR) is 86.2 cm³/mol. The summed E-state index contributed by atoms with van der Waals surface area (Å²) in [4.78, 5) is 8.76. The van der Waals surface area contributed by atoms with Gasteiger partial charge in [-0.2, -0.15) is 0 Å². The Morgan fingerprint density at radius 2 is 2.15 bits per heavy atom. The van der Waals surface area contributed by atoms with Gasteiger partial charge >= 0.3 is 0 Å². The van der Waals surface area contributed by atoms with Crippen molar-refractivity contribution in [3.8, 4) is 0 Å². The summed E-state index contributed by atoms with van der Waals surface area (Å²) in [5.41, 5.74) is 3.83. The maximum atomic E-state index is 4.42. The lowest BCUT2D eigenvalue weighted by Crippen LogP contribution is -2.08. The van der Waals surface area contributed by atoms with Crippen molar-refractivity contribution in [3.05, 3.63) is 51.6 Å². The number of thiophene rings is 1. The molecule has 3 nitrogen and oxygen atoms in total. The first-order valence-electron chi connectivity index (χ1n) is 6.55. The molecule has 5 heteroatoms. The van der Waals surface area contributed by atoms with Gasteiger partial charge < -0.3 is 5.32 Å². The highest BCUT2D eigenvalue weighted by atomic mass is 79.9. The Labute approximate surface area is 129 Å². The molecule has 3 aromatic rings. The number of aryl methyl sites for hydroxylation is 1. The van der Waals surface area contributed by atoms with Crippen molar-refractivity contribution in [3.63, 3.8) is 0 Å². The van der Waals surface area contributed by atoms with E-state index in [1.807, 2.05) is 0 Å². The van der Waals surface area contributed by atoms with Crippen LogP contribution < -0.4 is 5.32 Å². The fourth-order valence-corrected chi connectivity index (χ4v) is 4.34. The number of fused-ring (bicyclic) bond motifs is 2. The Morgan fingerprint density at radius 1 is 1.25 bits per heavy atom. The van der Waals surface area contributed by atoms with Crippen LogP contribution in [0.15, 0.2) is 40.4 Å². The largest absolute Gasteiger partial charge is 0.362 e. The highest BCUT2D eigenvalue weighted by Crippen LogP contribution is 2.37. The van der Waals surface area contributed by atoms with Gasteiger partial charge in [-0.15, -0.1) is 11.3 Å². The van der Waals surface area contributed by atoms with Crippen LogP contribution in [0.2, 0.25) is 0 Å². The quantitative estimate of drug-likeness (QED) is 0.740. The molecule has 20 heavy (non-hydrogen) atoms. The molecular formula is C15H12BrN3S. The molecule has 0 aliphatic heterocycles. The zero-order valence-electron chi connectivity index (χ0n) is 10.6. The van der Waals surface area contributed by atoms with Crippen LogP contribution in [0, 0.1) is 0 Å². The van der Waals surface area contributed by atoms with Crippen LogP contribution >= 0.6 is 27.3 Å². The van der Waals surface area contributed by atoms with Gasteiger partial charge in [0.1, 0.15) is 17.7 Å². The first kappa shape index (κ1) is 12.3. The smallest absolute Gasteiger partial charge is 0.147 e.